The van der Waals surface area contributed by atoms with E-state index in [-0.39, 0.29) is 73.5 Å². The molecule has 1 aliphatic heterocycles. The van der Waals surface area contributed by atoms with Gasteiger partial charge in [0.1, 0.15) is 0 Å². The van der Waals surface area contributed by atoms with Crippen molar-refractivity contribution in [3.05, 3.63) is 0 Å². The maximum absolute atomic E-state index is 13.2. The first-order valence-electron chi connectivity index (χ1n) is 11.9. The second-order valence-corrected chi connectivity index (χ2v) is 10.7. The average Bonchev–Trinajstić information content (AvgIpc) is 2.63. The van der Waals surface area contributed by atoms with Crippen LogP contribution in [0.1, 0.15) is 55.4 Å². The Labute approximate surface area is 194 Å². The number of amides is 4. The Kier molecular flexibility index (Phi) is 11.2. The first-order valence-corrected chi connectivity index (χ1v) is 11.9. The molecule has 1 fully saturated rings. The summed E-state index contributed by atoms with van der Waals surface area (Å²) in [4.78, 5) is 58.9. The Morgan fingerprint density at radius 3 is 0.719 bits per heavy atom. The van der Waals surface area contributed by atoms with E-state index >= 15 is 0 Å². The van der Waals surface area contributed by atoms with Crippen LogP contribution in [0.3, 0.4) is 0 Å². The zero-order chi connectivity index (χ0) is 24.6. The third-order valence-electron chi connectivity index (χ3n) is 5.06. The standard InChI is InChI=1S/C24H44N4O4/c1-17(2)9-25-13-22(30)27(11-19(5)6)15-24(32)28(12-20(7)8)16-23(31)26(10-18(3)4)14-21(25)29/h17-20H,9-16H2,1-8H3. The number of carbonyl (C=O) groups excluding carboxylic acids is 4. The Bertz CT molecular complexity index is 548. The lowest BCUT2D eigenvalue weighted by Gasteiger charge is -2.35. The summed E-state index contributed by atoms with van der Waals surface area (Å²) in [6.45, 7) is 17.3. The molecule has 1 rings (SSSR count). The molecule has 0 aromatic rings. The van der Waals surface area contributed by atoms with Gasteiger partial charge in [-0.25, -0.2) is 0 Å². The van der Waals surface area contributed by atoms with Gasteiger partial charge in [0.25, 0.3) is 0 Å². The van der Waals surface area contributed by atoms with Crippen molar-refractivity contribution in [3.63, 3.8) is 0 Å². The van der Waals surface area contributed by atoms with E-state index in [0.717, 1.165) is 0 Å². The minimum Gasteiger partial charge on any atom is -0.332 e. The molecule has 0 unspecified atom stereocenters. The van der Waals surface area contributed by atoms with E-state index in [9.17, 15) is 19.2 Å². The molecular weight excluding hydrogens is 408 g/mol. The highest BCUT2D eigenvalue weighted by atomic mass is 16.2. The minimum atomic E-state index is -0.229. The van der Waals surface area contributed by atoms with E-state index in [0.29, 0.717) is 26.2 Å². The quantitative estimate of drug-likeness (QED) is 0.564. The van der Waals surface area contributed by atoms with Gasteiger partial charge >= 0.3 is 0 Å². The first-order chi connectivity index (χ1) is 14.8. The molecular formula is C24H44N4O4. The van der Waals surface area contributed by atoms with E-state index in [1.54, 1.807) is 19.6 Å². The second kappa shape index (κ2) is 12.8. The summed E-state index contributed by atoms with van der Waals surface area (Å²) in [5, 5.41) is 0. The van der Waals surface area contributed by atoms with Crippen LogP contribution in [0.4, 0.5) is 0 Å². The van der Waals surface area contributed by atoms with Gasteiger partial charge in [-0.3, -0.25) is 19.2 Å². The molecule has 0 spiro atoms. The molecule has 0 N–H and O–H groups in total. The summed E-state index contributed by atoms with van der Waals surface area (Å²) in [5.41, 5.74) is 0. The molecule has 8 heteroatoms. The largest absolute Gasteiger partial charge is 0.332 e. The number of hydrogen-bond donors (Lipinski definition) is 0. The summed E-state index contributed by atoms with van der Waals surface area (Å²) in [7, 11) is 0. The maximum atomic E-state index is 13.2. The average molecular weight is 453 g/mol. The number of nitrogens with zero attached hydrogens (tertiary/aromatic N) is 4. The molecule has 1 heterocycles. The fourth-order valence-electron chi connectivity index (χ4n) is 3.83. The smallest absolute Gasteiger partial charge is 0.242 e. The van der Waals surface area contributed by atoms with Gasteiger partial charge in [0.15, 0.2) is 0 Å². The molecule has 0 aromatic carbocycles. The minimum absolute atomic E-state index is 0.0785. The molecule has 0 saturated carbocycles. The molecule has 1 saturated heterocycles. The predicted molar refractivity (Wildman–Crippen MR) is 126 cm³/mol. The van der Waals surface area contributed by atoms with Crippen LogP contribution in [0.15, 0.2) is 0 Å². The van der Waals surface area contributed by atoms with Crippen LogP contribution in [-0.4, -0.2) is 95.6 Å². The van der Waals surface area contributed by atoms with Crippen molar-refractivity contribution < 1.29 is 19.2 Å². The third kappa shape index (κ3) is 9.57. The lowest BCUT2D eigenvalue weighted by atomic mass is 10.1. The predicted octanol–water partition coefficient (Wildman–Crippen LogP) is 1.94. The van der Waals surface area contributed by atoms with Gasteiger partial charge in [-0.2, -0.15) is 0 Å². The van der Waals surface area contributed by atoms with Crippen molar-refractivity contribution in [3.8, 4) is 0 Å². The highest BCUT2D eigenvalue weighted by Crippen LogP contribution is 2.11. The Morgan fingerprint density at radius 2 is 0.594 bits per heavy atom. The zero-order valence-electron chi connectivity index (χ0n) is 21.4. The van der Waals surface area contributed by atoms with Crippen molar-refractivity contribution in [2.24, 2.45) is 23.7 Å². The molecule has 0 radical (unpaired) electrons. The van der Waals surface area contributed by atoms with E-state index in [1.807, 2.05) is 55.4 Å². The van der Waals surface area contributed by atoms with Crippen molar-refractivity contribution >= 4 is 23.6 Å². The number of carbonyl (C=O) groups is 4. The van der Waals surface area contributed by atoms with Crippen LogP contribution in [0.2, 0.25) is 0 Å². The molecule has 184 valence electrons. The molecule has 0 bridgehead atoms. The third-order valence-corrected chi connectivity index (χ3v) is 5.06. The van der Waals surface area contributed by atoms with Crippen molar-refractivity contribution in [2.75, 3.05) is 52.4 Å². The number of hydrogen-bond acceptors (Lipinski definition) is 4. The zero-order valence-corrected chi connectivity index (χ0v) is 21.4. The molecule has 32 heavy (non-hydrogen) atoms. The van der Waals surface area contributed by atoms with E-state index in [4.69, 9.17) is 0 Å². The first kappa shape index (κ1) is 27.9. The van der Waals surface area contributed by atoms with Crippen LogP contribution < -0.4 is 0 Å². The Hall–Kier alpha value is -2.12. The highest BCUT2D eigenvalue weighted by Gasteiger charge is 2.31. The fraction of sp³-hybridized carbons (Fsp3) is 0.833. The topological polar surface area (TPSA) is 81.2 Å². The van der Waals surface area contributed by atoms with Crippen molar-refractivity contribution in [2.45, 2.75) is 55.4 Å². The summed E-state index contributed by atoms with van der Waals surface area (Å²) >= 11 is 0. The van der Waals surface area contributed by atoms with Gasteiger partial charge in [0, 0.05) is 26.2 Å². The normalized spacial score (nSPS) is 17.9. The van der Waals surface area contributed by atoms with Crippen molar-refractivity contribution in [1.82, 2.24) is 19.6 Å². The van der Waals surface area contributed by atoms with Crippen LogP contribution in [0.5, 0.6) is 0 Å². The molecule has 0 aliphatic carbocycles. The summed E-state index contributed by atoms with van der Waals surface area (Å²) in [6.07, 6.45) is 0. The van der Waals surface area contributed by atoms with Gasteiger partial charge in [-0.15, -0.1) is 0 Å². The monoisotopic (exact) mass is 452 g/mol. The summed E-state index contributed by atoms with van der Waals surface area (Å²) in [5.74, 6) is -0.209. The fourth-order valence-corrected chi connectivity index (χ4v) is 3.83. The molecule has 0 atom stereocenters. The Morgan fingerprint density at radius 1 is 0.438 bits per heavy atom. The summed E-state index contributed by atoms with van der Waals surface area (Å²) in [6, 6.07) is 0. The second-order valence-electron chi connectivity index (χ2n) is 10.7. The van der Waals surface area contributed by atoms with Gasteiger partial charge < -0.3 is 19.6 Å². The lowest BCUT2D eigenvalue weighted by molar-refractivity contribution is -0.150. The SMILES string of the molecule is CC(C)CN1CC(=O)N(CC(C)C)CC(=O)N(CC(C)C)CC(=O)N(CC(C)C)CC1=O. The van der Waals surface area contributed by atoms with E-state index in [2.05, 4.69) is 0 Å². The number of rotatable bonds is 8. The van der Waals surface area contributed by atoms with Crippen LogP contribution in [0, 0.1) is 23.7 Å². The maximum Gasteiger partial charge on any atom is 0.242 e. The van der Waals surface area contributed by atoms with Crippen molar-refractivity contribution in [1.29, 1.82) is 0 Å². The van der Waals surface area contributed by atoms with Gasteiger partial charge in [0.05, 0.1) is 26.2 Å². The molecule has 8 nitrogen and oxygen atoms in total. The van der Waals surface area contributed by atoms with Crippen LogP contribution in [0.25, 0.3) is 0 Å². The highest BCUT2D eigenvalue weighted by molar-refractivity contribution is 5.93. The molecule has 1 aliphatic rings. The van der Waals surface area contributed by atoms with Crippen LogP contribution in [-0.2, 0) is 19.2 Å². The van der Waals surface area contributed by atoms with Gasteiger partial charge in [0.2, 0.25) is 23.6 Å². The summed E-state index contributed by atoms with van der Waals surface area (Å²) < 4.78 is 0. The molecule has 4 amide bonds. The van der Waals surface area contributed by atoms with E-state index in [1.165, 1.54) is 0 Å². The van der Waals surface area contributed by atoms with Crippen LogP contribution >= 0.6 is 0 Å². The van der Waals surface area contributed by atoms with E-state index < -0.39 is 0 Å². The Balaban J connectivity index is 3.35. The molecule has 0 aromatic heterocycles. The lowest BCUT2D eigenvalue weighted by Crippen LogP contribution is -2.55. The van der Waals surface area contributed by atoms with Gasteiger partial charge in [-0.05, 0) is 23.7 Å². The van der Waals surface area contributed by atoms with Gasteiger partial charge in [-0.1, -0.05) is 55.4 Å².